The number of thiophene rings is 1. The summed E-state index contributed by atoms with van der Waals surface area (Å²) in [6.07, 6.45) is 1.32. The minimum absolute atomic E-state index is 0.225. The molecule has 2 rings (SSSR count). The third-order valence-corrected chi connectivity index (χ3v) is 6.19. The number of benzene rings is 1. The van der Waals surface area contributed by atoms with Crippen molar-refractivity contribution in [2.75, 3.05) is 6.61 Å². The van der Waals surface area contributed by atoms with Crippen molar-refractivity contribution in [3.8, 4) is 5.75 Å². The van der Waals surface area contributed by atoms with Gasteiger partial charge in [0.15, 0.2) is 0 Å². The topological polar surface area (TPSA) is 55.7 Å². The second-order valence-electron chi connectivity index (χ2n) is 3.89. The van der Waals surface area contributed by atoms with Gasteiger partial charge in [-0.3, -0.25) is 0 Å². The monoisotopic (exact) mass is 451 g/mol. The second-order valence-corrected chi connectivity index (χ2v) is 8.40. The van der Waals surface area contributed by atoms with Crippen LogP contribution in [0, 0.1) is 0 Å². The average molecular weight is 453 g/mol. The first kappa shape index (κ1) is 16.7. The third kappa shape index (κ3) is 4.15. The summed E-state index contributed by atoms with van der Waals surface area (Å²) < 4.78 is 34.8. The zero-order valence-electron chi connectivity index (χ0n) is 10.9. The van der Waals surface area contributed by atoms with E-state index in [9.17, 15) is 8.42 Å². The lowest BCUT2D eigenvalue weighted by Gasteiger charge is -2.09. The fourth-order valence-electron chi connectivity index (χ4n) is 1.53. The molecule has 21 heavy (non-hydrogen) atoms. The van der Waals surface area contributed by atoms with Crippen molar-refractivity contribution in [2.24, 2.45) is 4.40 Å². The molecule has 0 atom stereocenters. The van der Waals surface area contributed by atoms with Crippen LogP contribution in [-0.2, 0) is 10.0 Å². The molecule has 2 aromatic rings. The van der Waals surface area contributed by atoms with Gasteiger partial charge < -0.3 is 4.74 Å². The van der Waals surface area contributed by atoms with Crippen LogP contribution in [0.1, 0.15) is 12.5 Å². The molecule has 0 saturated carbocycles. The van der Waals surface area contributed by atoms with Crippen molar-refractivity contribution in [1.29, 1.82) is 0 Å². The van der Waals surface area contributed by atoms with Crippen LogP contribution >= 0.6 is 43.2 Å². The molecule has 0 radical (unpaired) electrons. The van der Waals surface area contributed by atoms with Gasteiger partial charge in [-0.2, -0.15) is 12.8 Å². The highest BCUT2D eigenvalue weighted by Gasteiger charge is 2.13. The van der Waals surface area contributed by atoms with E-state index in [1.807, 2.05) is 6.92 Å². The molecule has 0 spiro atoms. The summed E-state index contributed by atoms with van der Waals surface area (Å²) in [4.78, 5) is 0. The van der Waals surface area contributed by atoms with Gasteiger partial charge in [-0.05, 0) is 67.9 Å². The molecule has 0 aliphatic carbocycles. The van der Waals surface area contributed by atoms with Crippen LogP contribution in [0.2, 0.25) is 0 Å². The summed E-state index contributed by atoms with van der Waals surface area (Å²) >= 11 is 7.93. The Bertz CT molecular complexity index is 733. The van der Waals surface area contributed by atoms with Crippen molar-refractivity contribution < 1.29 is 13.2 Å². The summed E-state index contributed by atoms with van der Waals surface area (Å²) in [5, 5.41) is 1.70. The van der Waals surface area contributed by atoms with Gasteiger partial charge in [0, 0.05) is 6.21 Å². The Morgan fingerprint density at radius 2 is 2.00 bits per heavy atom. The molecule has 0 aliphatic heterocycles. The van der Waals surface area contributed by atoms with Gasteiger partial charge in [0.1, 0.15) is 9.96 Å². The molecule has 1 aromatic carbocycles. The largest absolute Gasteiger partial charge is 0.492 e. The molecule has 112 valence electrons. The maximum absolute atomic E-state index is 12.0. The number of rotatable bonds is 5. The third-order valence-electron chi connectivity index (χ3n) is 2.40. The van der Waals surface area contributed by atoms with Crippen molar-refractivity contribution in [1.82, 2.24) is 0 Å². The molecule has 0 amide bonds. The summed E-state index contributed by atoms with van der Waals surface area (Å²) in [7, 11) is -3.64. The van der Waals surface area contributed by atoms with Crippen LogP contribution in [0.4, 0.5) is 0 Å². The van der Waals surface area contributed by atoms with E-state index >= 15 is 0 Å². The molecular formula is C13H11Br2NO3S2. The van der Waals surface area contributed by atoms with E-state index in [0.29, 0.717) is 17.9 Å². The average Bonchev–Trinajstić information content (AvgIpc) is 2.95. The minimum Gasteiger partial charge on any atom is -0.492 e. The second kappa shape index (κ2) is 7.04. The molecule has 1 heterocycles. The fraction of sp³-hybridized carbons (Fsp3) is 0.154. The highest BCUT2D eigenvalue weighted by atomic mass is 79.9. The van der Waals surface area contributed by atoms with E-state index in [0.717, 1.165) is 20.3 Å². The quantitative estimate of drug-likeness (QED) is 0.628. The van der Waals surface area contributed by atoms with Crippen LogP contribution in [0.3, 0.4) is 0 Å². The molecule has 0 unspecified atom stereocenters. The number of hydrogen-bond donors (Lipinski definition) is 0. The van der Waals surface area contributed by atoms with Crippen LogP contribution in [0.25, 0.3) is 0 Å². The summed E-state index contributed by atoms with van der Waals surface area (Å²) in [5.74, 6) is 0.677. The highest BCUT2D eigenvalue weighted by Crippen LogP contribution is 2.34. The normalized spacial score (nSPS) is 12.0. The lowest BCUT2D eigenvalue weighted by Crippen LogP contribution is -1.97. The Balaban J connectivity index is 2.30. The van der Waals surface area contributed by atoms with Crippen LogP contribution in [0.5, 0.6) is 5.75 Å². The number of nitrogens with zero attached hydrogens (tertiary/aromatic N) is 1. The lowest BCUT2D eigenvalue weighted by atomic mass is 10.2. The minimum atomic E-state index is -3.64. The van der Waals surface area contributed by atoms with Gasteiger partial charge in [-0.15, -0.1) is 11.3 Å². The molecule has 0 N–H and O–H groups in total. The Morgan fingerprint density at radius 3 is 2.52 bits per heavy atom. The number of sulfonamides is 1. The Labute approximate surface area is 144 Å². The SMILES string of the molecule is CCOc1c(Br)cc(/C=N\S(=O)(=O)c2cccs2)cc1Br. The standard InChI is InChI=1S/C13H11Br2NO3S2/c1-2-19-13-10(14)6-9(7-11(13)15)8-16-21(17,18)12-4-3-5-20-12/h3-8H,2H2,1H3/b16-8-. The molecule has 0 aliphatic rings. The zero-order valence-corrected chi connectivity index (χ0v) is 15.7. The zero-order chi connectivity index (χ0) is 15.5. The summed E-state index contributed by atoms with van der Waals surface area (Å²) in [5.41, 5.74) is 0.650. The molecule has 8 heteroatoms. The van der Waals surface area contributed by atoms with E-state index in [4.69, 9.17) is 4.74 Å². The first-order valence-electron chi connectivity index (χ1n) is 5.89. The van der Waals surface area contributed by atoms with Gasteiger partial charge >= 0.3 is 0 Å². The van der Waals surface area contributed by atoms with E-state index in [-0.39, 0.29) is 4.21 Å². The molecule has 0 saturated heterocycles. The van der Waals surface area contributed by atoms with Crippen LogP contribution < -0.4 is 4.74 Å². The number of halogens is 2. The van der Waals surface area contributed by atoms with Crippen molar-refractivity contribution in [3.63, 3.8) is 0 Å². The number of ether oxygens (including phenoxy) is 1. The van der Waals surface area contributed by atoms with E-state index in [1.54, 1.807) is 23.6 Å². The molecular weight excluding hydrogens is 442 g/mol. The van der Waals surface area contributed by atoms with Crippen LogP contribution in [0.15, 0.2) is 47.2 Å². The van der Waals surface area contributed by atoms with Gasteiger partial charge in [0.25, 0.3) is 10.0 Å². The molecule has 4 nitrogen and oxygen atoms in total. The maximum atomic E-state index is 12.0. The van der Waals surface area contributed by atoms with E-state index in [1.165, 1.54) is 12.3 Å². The van der Waals surface area contributed by atoms with E-state index in [2.05, 4.69) is 36.3 Å². The molecule has 1 aromatic heterocycles. The lowest BCUT2D eigenvalue weighted by molar-refractivity contribution is 0.336. The Kier molecular flexibility index (Phi) is 5.59. The first-order valence-corrected chi connectivity index (χ1v) is 9.80. The van der Waals surface area contributed by atoms with Crippen molar-refractivity contribution in [2.45, 2.75) is 11.1 Å². The van der Waals surface area contributed by atoms with Crippen LogP contribution in [-0.4, -0.2) is 21.2 Å². The van der Waals surface area contributed by atoms with Crippen molar-refractivity contribution >= 4 is 59.4 Å². The highest BCUT2D eigenvalue weighted by molar-refractivity contribution is 9.11. The number of hydrogen-bond acceptors (Lipinski definition) is 4. The van der Waals surface area contributed by atoms with E-state index < -0.39 is 10.0 Å². The molecule has 0 bridgehead atoms. The van der Waals surface area contributed by atoms with Crippen molar-refractivity contribution in [3.05, 3.63) is 44.2 Å². The fourth-order valence-corrected chi connectivity index (χ4v) is 4.82. The predicted molar refractivity (Wildman–Crippen MR) is 92.1 cm³/mol. The van der Waals surface area contributed by atoms with Gasteiger partial charge in [-0.25, -0.2) is 0 Å². The maximum Gasteiger partial charge on any atom is 0.291 e. The Hall–Kier alpha value is -0.700. The predicted octanol–water partition coefficient (Wildman–Crippen LogP) is 4.48. The smallest absolute Gasteiger partial charge is 0.291 e. The molecule has 0 fully saturated rings. The van der Waals surface area contributed by atoms with Gasteiger partial charge in [-0.1, -0.05) is 6.07 Å². The van der Waals surface area contributed by atoms with Gasteiger partial charge in [0.2, 0.25) is 0 Å². The first-order chi connectivity index (χ1) is 9.94. The summed E-state index contributed by atoms with van der Waals surface area (Å²) in [6.45, 7) is 2.43. The van der Waals surface area contributed by atoms with Gasteiger partial charge in [0.05, 0.1) is 15.6 Å². The Morgan fingerprint density at radius 1 is 1.33 bits per heavy atom. The summed E-state index contributed by atoms with van der Waals surface area (Å²) in [6, 6.07) is 6.71.